The van der Waals surface area contributed by atoms with Crippen LogP contribution < -0.4 is 0 Å². The van der Waals surface area contributed by atoms with Crippen LogP contribution in [0.1, 0.15) is 66.2 Å². The van der Waals surface area contributed by atoms with Crippen molar-refractivity contribution in [1.82, 2.24) is 14.7 Å². The number of hydrogen-bond acceptors (Lipinski definition) is 10. The zero-order valence-corrected chi connectivity index (χ0v) is 24.3. The van der Waals surface area contributed by atoms with Gasteiger partial charge in [-0.05, 0) is 40.5 Å². The van der Waals surface area contributed by atoms with Crippen molar-refractivity contribution in [3.05, 3.63) is 0 Å². The summed E-state index contributed by atoms with van der Waals surface area (Å²) in [6.45, 7) is 7.55. The fourth-order valence-corrected chi connectivity index (χ4v) is 9.92. The molecule has 5 aliphatic heterocycles. The van der Waals surface area contributed by atoms with Crippen LogP contribution in [0, 0.1) is 0 Å². The number of sulfone groups is 1. The smallest absolute Gasteiger partial charge is 0.333 e. The lowest BCUT2D eigenvalue weighted by Gasteiger charge is -2.42. The normalized spacial score (nSPS) is 34.5. The van der Waals surface area contributed by atoms with Crippen LogP contribution in [-0.2, 0) is 38.5 Å². The molecule has 0 aromatic rings. The van der Waals surface area contributed by atoms with E-state index in [0.717, 1.165) is 30.8 Å². The highest BCUT2D eigenvalue weighted by Gasteiger charge is 2.68. The van der Waals surface area contributed by atoms with E-state index in [9.17, 15) is 27.6 Å². The Kier molecular flexibility index (Phi) is 7.18. The molecule has 5 fully saturated rings. The Hall–Kier alpha value is -2.35. The number of ether oxygens (including phenoxy) is 2. The Morgan fingerprint density at radius 1 is 0.974 bits per heavy atom. The molecule has 5 rings (SSSR count). The zero-order valence-electron chi connectivity index (χ0n) is 22.7. The van der Waals surface area contributed by atoms with Crippen molar-refractivity contribution in [2.24, 2.45) is 4.99 Å². The summed E-state index contributed by atoms with van der Waals surface area (Å²) in [5.74, 6) is -2.37. The van der Waals surface area contributed by atoms with Gasteiger partial charge in [0.1, 0.15) is 22.8 Å². The number of rotatable bonds is 6. The van der Waals surface area contributed by atoms with Crippen LogP contribution in [-0.4, -0.2) is 111 Å². The quantitative estimate of drug-likeness (QED) is 0.145. The minimum atomic E-state index is -3.76. The van der Waals surface area contributed by atoms with E-state index in [0.29, 0.717) is 0 Å². The fourth-order valence-electron chi connectivity index (χ4n) is 6.18. The van der Waals surface area contributed by atoms with Crippen LogP contribution in [0.25, 0.3) is 0 Å². The molecule has 39 heavy (non-hydrogen) atoms. The molecule has 0 unspecified atom stereocenters. The van der Waals surface area contributed by atoms with E-state index in [1.807, 2.05) is 13.8 Å². The summed E-state index contributed by atoms with van der Waals surface area (Å²) in [7, 11) is -3.76. The summed E-state index contributed by atoms with van der Waals surface area (Å²) < 4.78 is 33.6. The molecular formula is C25H36N4O8S2. The van der Waals surface area contributed by atoms with E-state index in [1.54, 1.807) is 6.34 Å². The molecule has 12 nitrogen and oxygen atoms in total. The van der Waals surface area contributed by atoms with E-state index in [4.69, 9.17) is 9.47 Å². The third-order valence-electron chi connectivity index (χ3n) is 8.52. The number of carbonyl (C=O) groups excluding carboxylic acids is 4. The lowest BCUT2D eigenvalue weighted by molar-refractivity contribution is -0.181. The summed E-state index contributed by atoms with van der Waals surface area (Å²) in [5.41, 5.74) is 0. The van der Waals surface area contributed by atoms with E-state index < -0.39 is 67.5 Å². The second kappa shape index (κ2) is 9.93. The van der Waals surface area contributed by atoms with Crippen LogP contribution >= 0.6 is 11.8 Å². The van der Waals surface area contributed by atoms with E-state index in [1.165, 1.54) is 49.8 Å². The topological polar surface area (TPSA) is 143 Å². The lowest BCUT2D eigenvalue weighted by atomic mass is 9.96. The van der Waals surface area contributed by atoms with Gasteiger partial charge in [0.2, 0.25) is 12.7 Å². The molecule has 2 amide bonds. The molecule has 0 radical (unpaired) electrons. The Morgan fingerprint density at radius 2 is 1.56 bits per heavy atom. The third kappa shape index (κ3) is 4.51. The highest BCUT2D eigenvalue weighted by molar-refractivity contribution is 8.01. The van der Waals surface area contributed by atoms with Gasteiger partial charge in [-0.25, -0.2) is 18.0 Å². The van der Waals surface area contributed by atoms with Crippen LogP contribution in [0.3, 0.4) is 0 Å². The SMILES string of the molecule is CC1(C)S[C@@H]2[C@H](N=CN3CCCCCCC3)C(=O)N2[C@H]1C(=O)OCOC(=O)[C@@H]1N2C(=O)C[C@H]2S(=O)(=O)C1(C)C. The Morgan fingerprint density at radius 3 is 2.18 bits per heavy atom. The maximum atomic E-state index is 13.1. The van der Waals surface area contributed by atoms with Gasteiger partial charge in [0, 0.05) is 17.8 Å². The average molecular weight is 585 g/mol. The molecule has 0 spiro atoms. The first kappa shape index (κ1) is 28.2. The number of esters is 2. The molecule has 5 heterocycles. The van der Waals surface area contributed by atoms with Gasteiger partial charge in [-0.2, -0.15) is 0 Å². The predicted octanol–water partition coefficient (Wildman–Crippen LogP) is 0.890. The van der Waals surface area contributed by atoms with Crippen molar-refractivity contribution in [3.8, 4) is 0 Å². The van der Waals surface area contributed by atoms with Crippen molar-refractivity contribution >= 4 is 51.7 Å². The van der Waals surface area contributed by atoms with Crippen LogP contribution in [0.2, 0.25) is 0 Å². The van der Waals surface area contributed by atoms with Crippen molar-refractivity contribution < 1.29 is 37.1 Å². The molecule has 5 atom stereocenters. The molecule has 5 saturated heterocycles. The standard InChI is InChI=1S/C25H36N4O8S2/c1-24(2)18(29-20(31)17(21(29)38-24)26-13-27-10-8-6-5-7-9-11-27)22(32)36-14-37-23(33)19-25(3,4)39(34,35)16-12-15(30)28(16)19/h13,16-19,21H,5-12,14H2,1-4H3/t16-,17-,18+,19+,21-/m1/s1. The largest absolute Gasteiger partial charge is 0.426 e. The minimum Gasteiger partial charge on any atom is -0.426 e. The molecule has 216 valence electrons. The predicted molar refractivity (Wildman–Crippen MR) is 142 cm³/mol. The lowest BCUT2D eigenvalue weighted by Crippen LogP contribution is -2.65. The molecule has 0 saturated carbocycles. The summed E-state index contributed by atoms with van der Waals surface area (Å²) in [4.78, 5) is 60.2. The van der Waals surface area contributed by atoms with E-state index >= 15 is 0 Å². The Labute approximate surface area is 232 Å². The molecule has 0 aliphatic carbocycles. The average Bonchev–Trinajstić information content (AvgIpc) is 3.15. The second-order valence-corrected chi connectivity index (χ2v) is 16.3. The first-order valence-corrected chi connectivity index (χ1v) is 15.9. The zero-order chi connectivity index (χ0) is 28.3. The van der Waals surface area contributed by atoms with Crippen molar-refractivity contribution in [2.75, 3.05) is 19.9 Å². The number of aliphatic imine (C=N–C) groups is 1. The first-order valence-electron chi connectivity index (χ1n) is 13.4. The van der Waals surface area contributed by atoms with Gasteiger partial charge in [-0.3, -0.25) is 14.6 Å². The first-order chi connectivity index (χ1) is 18.3. The molecule has 0 aromatic carbocycles. The summed E-state index contributed by atoms with van der Waals surface area (Å²) >= 11 is 1.48. The maximum absolute atomic E-state index is 13.1. The fraction of sp³-hybridized carbons (Fsp3) is 0.800. The second-order valence-electron chi connectivity index (χ2n) is 11.8. The Bertz CT molecular complexity index is 1190. The van der Waals surface area contributed by atoms with Gasteiger partial charge in [0.25, 0.3) is 5.91 Å². The van der Waals surface area contributed by atoms with Crippen LogP contribution in [0.4, 0.5) is 0 Å². The highest BCUT2D eigenvalue weighted by Crippen LogP contribution is 2.52. The number of amides is 2. The molecule has 0 N–H and O–H groups in total. The number of likely N-dealkylation sites (tertiary alicyclic amines) is 1. The van der Waals surface area contributed by atoms with Crippen LogP contribution in [0.5, 0.6) is 0 Å². The van der Waals surface area contributed by atoms with Crippen molar-refractivity contribution in [3.63, 3.8) is 0 Å². The van der Waals surface area contributed by atoms with Gasteiger partial charge in [-0.1, -0.05) is 19.3 Å². The molecule has 0 aromatic heterocycles. The Balaban J connectivity index is 1.18. The van der Waals surface area contributed by atoms with Gasteiger partial charge in [-0.15, -0.1) is 11.8 Å². The monoisotopic (exact) mass is 584 g/mol. The summed E-state index contributed by atoms with van der Waals surface area (Å²) in [5, 5.41) is -1.33. The van der Waals surface area contributed by atoms with Gasteiger partial charge in [0.05, 0.1) is 17.5 Å². The molecular weight excluding hydrogens is 548 g/mol. The van der Waals surface area contributed by atoms with Crippen molar-refractivity contribution in [1.29, 1.82) is 0 Å². The van der Waals surface area contributed by atoms with E-state index in [2.05, 4.69) is 9.89 Å². The number of β-lactam (4-membered cyclic amide) rings is 2. The number of hydrogen-bond donors (Lipinski definition) is 0. The number of fused-ring (bicyclic) bond motifs is 2. The third-order valence-corrected chi connectivity index (χ3v) is 12.9. The molecule has 14 heteroatoms. The van der Waals surface area contributed by atoms with Crippen LogP contribution in [0.15, 0.2) is 4.99 Å². The van der Waals surface area contributed by atoms with Gasteiger partial charge in [0.15, 0.2) is 15.9 Å². The number of carbonyl (C=O) groups is 4. The summed E-state index contributed by atoms with van der Waals surface area (Å²) in [6.07, 6.45) is 7.47. The number of nitrogens with zero attached hydrogens (tertiary/aromatic N) is 4. The van der Waals surface area contributed by atoms with E-state index in [-0.39, 0.29) is 17.7 Å². The molecule has 0 bridgehead atoms. The van der Waals surface area contributed by atoms with Crippen molar-refractivity contribution in [2.45, 2.75) is 105 Å². The highest BCUT2D eigenvalue weighted by atomic mass is 32.2. The van der Waals surface area contributed by atoms with Gasteiger partial charge >= 0.3 is 11.9 Å². The minimum absolute atomic E-state index is 0.160. The maximum Gasteiger partial charge on any atom is 0.333 e. The molecule has 5 aliphatic rings. The number of thioether (sulfide) groups is 1. The summed E-state index contributed by atoms with van der Waals surface area (Å²) in [6, 6.07) is -2.78. The van der Waals surface area contributed by atoms with Gasteiger partial charge < -0.3 is 24.2 Å².